The molecule has 9 nitrogen and oxygen atoms in total. The lowest BCUT2D eigenvalue weighted by molar-refractivity contribution is -0.394. The highest BCUT2D eigenvalue weighted by atomic mass is 32.2. The van der Waals surface area contributed by atoms with Crippen molar-refractivity contribution in [3.8, 4) is 11.5 Å². The number of ether oxygens (including phenoxy) is 1. The first kappa shape index (κ1) is 24.0. The van der Waals surface area contributed by atoms with Gasteiger partial charge in [0.1, 0.15) is 5.75 Å². The predicted octanol–water partition coefficient (Wildman–Crippen LogP) is 6.32. The van der Waals surface area contributed by atoms with E-state index in [0.717, 1.165) is 23.3 Å². The molecule has 4 rings (SSSR count). The highest BCUT2D eigenvalue weighted by molar-refractivity contribution is 8.27. The van der Waals surface area contributed by atoms with Gasteiger partial charge in [0, 0.05) is 6.07 Å². The molecule has 0 radical (unpaired) electrons. The van der Waals surface area contributed by atoms with E-state index in [0.29, 0.717) is 20.5 Å². The molecule has 0 bridgehead atoms. The Balaban J connectivity index is 1.60. The third kappa shape index (κ3) is 5.05. The Hall–Kier alpha value is -4.09. The molecule has 1 fully saturated rings. The van der Waals surface area contributed by atoms with Crippen molar-refractivity contribution in [1.29, 1.82) is 0 Å². The smallest absolute Gasteiger partial charge is 0.318 e. The van der Waals surface area contributed by atoms with Crippen LogP contribution in [-0.4, -0.2) is 20.1 Å². The number of thioether (sulfide) groups is 1. The number of thiocarbonyl (C=S) groups is 1. The number of nitro groups is 2. The van der Waals surface area contributed by atoms with E-state index in [-0.39, 0.29) is 17.4 Å². The summed E-state index contributed by atoms with van der Waals surface area (Å²) in [4.78, 5) is 35.9. The normalized spacial score (nSPS) is 14.5. The fourth-order valence-corrected chi connectivity index (χ4v) is 4.65. The van der Waals surface area contributed by atoms with E-state index < -0.39 is 21.2 Å². The zero-order valence-corrected chi connectivity index (χ0v) is 20.1. The first-order chi connectivity index (χ1) is 16.6. The number of nitrogens with zero attached hydrogens (tertiary/aromatic N) is 3. The fourth-order valence-electron chi connectivity index (χ4n) is 3.35. The van der Waals surface area contributed by atoms with E-state index in [1.165, 1.54) is 22.7 Å². The summed E-state index contributed by atoms with van der Waals surface area (Å²) in [5.74, 6) is -0.125. The molecule has 1 saturated heterocycles. The molecule has 176 valence electrons. The van der Waals surface area contributed by atoms with E-state index in [1.807, 2.05) is 32.0 Å². The van der Waals surface area contributed by atoms with Crippen LogP contribution in [0.4, 0.5) is 17.1 Å². The van der Waals surface area contributed by atoms with Crippen molar-refractivity contribution >= 4 is 57.3 Å². The average Bonchev–Trinajstić information content (AvgIpc) is 3.08. The number of non-ortho nitro benzene ring substituents is 1. The molecule has 0 atom stereocenters. The van der Waals surface area contributed by atoms with Crippen LogP contribution in [0.3, 0.4) is 0 Å². The number of carbonyl (C=O) groups is 1. The van der Waals surface area contributed by atoms with Gasteiger partial charge < -0.3 is 4.74 Å². The minimum absolute atomic E-state index is 0.140. The summed E-state index contributed by atoms with van der Waals surface area (Å²) in [6.45, 7) is 3.96. The van der Waals surface area contributed by atoms with Gasteiger partial charge in [-0.2, -0.15) is 0 Å². The van der Waals surface area contributed by atoms with Crippen LogP contribution < -0.4 is 9.64 Å². The maximum absolute atomic E-state index is 13.1. The lowest BCUT2D eigenvalue weighted by atomic mass is 10.1. The summed E-state index contributed by atoms with van der Waals surface area (Å²) in [5, 5.41) is 22.3. The van der Waals surface area contributed by atoms with Crippen LogP contribution in [0.5, 0.6) is 11.5 Å². The van der Waals surface area contributed by atoms with Gasteiger partial charge in [0.25, 0.3) is 11.6 Å². The number of aryl methyl sites for hydroxylation is 2. The van der Waals surface area contributed by atoms with E-state index in [1.54, 1.807) is 30.3 Å². The molecule has 1 aliphatic heterocycles. The summed E-state index contributed by atoms with van der Waals surface area (Å²) in [5.41, 5.74) is 2.53. The van der Waals surface area contributed by atoms with Crippen LogP contribution in [0.2, 0.25) is 0 Å². The number of carbonyl (C=O) groups excluding carboxylic acids is 1. The summed E-state index contributed by atoms with van der Waals surface area (Å²) in [6, 6.07) is 15.5. The van der Waals surface area contributed by atoms with Crippen molar-refractivity contribution in [3.05, 3.63) is 102 Å². The topological polar surface area (TPSA) is 116 Å². The molecule has 1 amide bonds. The Morgan fingerprint density at radius 3 is 2.43 bits per heavy atom. The standard InChI is InChI=1S/C24H17N3O6S2/c1-14-6-7-17(10-15(14)2)25-23(28)22(35-24(25)34)12-16-4-3-5-19(11-16)33-21-9-8-18(26(29)30)13-20(21)27(31)32/h3-13H,1-2H3. The van der Waals surface area contributed by atoms with Gasteiger partial charge in [0.2, 0.25) is 5.75 Å². The van der Waals surface area contributed by atoms with E-state index >= 15 is 0 Å². The van der Waals surface area contributed by atoms with Crippen LogP contribution in [0.25, 0.3) is 6.08 Å². The molecule has 1 aliphatic rings. The minimum Gasteiger partial charge on any atom is -0.450 e. The number of hydrogen-bond donors (Lipinski definition) is 0. The first-order valence-corrected chi connectivity index (χ1v) is 11.4. The van der Waals surface area contributed by atoms with Crippen LogP contribution >= 0.6 is 24.0 Å². The van der Waals surface area contributed by atoms with Crippen molar-refractivity contribution in [3.63, 3.8) is 0 Å². The molecular weight excluding hydrogens is 490 g/mol. The number of benzene rings is 3. The third-order valence-electron chi connectivity index (χ3n) is 5.28. The van der Waals surface area contributed by atoms with Gasteiger partial charge in [-0.15, -0.1) is 0 Å². The van der Waals surface area contributed by atoms with Crippen LogP contribution in [-0.2, 0) is 4.79 Å². The second kappa shape index (κ2) is 9.65. The fraction of sp³-hybridized carbons (Fsp3) is 0.0833. The Kier molecular flexibility index (Phi) is 6.63. The first-order valence-electron chi connectivity index (χ1n) is 10.2. The second-order valence-corrected chi connectivity index (χ2v) is 9.30. The van der Waals surface area contributed by atoms with Crippen molar-refractivity contribution < 1.29 is 19.4 Å². The summed E-state index contributed by atoms with van der Waals surface area (Å²) < 4.78 is 6.07. The van der Waals surface area contributed by atoms with Crippen LogP contribution in [0.1, 0.15) is 16.7 Å². The number of rotatable bonds is 6. The van der Waals surface area contributed by atoms with E-state index in [2.05, 4.69) is 0 Å². The molecule has 0 unspecified atom stereocenters. The van der Waals surface area contributed by atoms with Gasteiger partial charge in [0.05, 0.1) is 26.5 Å². The highest BCUT2D eigenvalue weighted by Gasteiger charge is 2.33. The molecule has 3 aromatic carbocycles. The molecule has 11 heteroatoms. The van der Waals surface area contributed by atoms with Gasteiger partial charge in [-0.3, -0.25) is 29.9 Å². The monoisotopic (exact) mass is 507 g/mol. The molecule has 0 N–H and O–H groups in total. The zero-order valence-electron chi connectivity index (χ0n) is 18.5. The molecule has 0 aliphatic carbocycles. The molecule has 3 aromatic rings. The van der Waals surface area contributed by atoms with Gasteiger partial charge in [-0.25, -0.2) is 0 Å². The number of nitro benzene ring substituents is 2. The number of anilines is 1. The zero-order chi connectivity index (χ0) is 25.3. The molecule has 0 aromatic heterocycles. The van der Waals surface area contributed by atoms with Crippen molar-refractivity contribution in [2.75, 3.05) is 4.90 Å². The molecule has 0 spiro atoms. The largest absolute Gasteiger partial charge is 0.450 e. The van der Waals surface area contributed by atoms with Crippen molar-refractivity contribution in [1.82, 2.24) is 0 Å². The number of amides is 1. The Bertz CT molecular complexity index is 1440. The maximum atomic E-state index is 13.1. The second-order valence-electron chi connectivity index (χ2n) is 7.63. The summed E-state index contributed by atoms with van der Waals surface area (Å²) in [6.07, 6.45) is 1.66. The number of hydrogen-bond acceptors (Lipinski definition) is 8. The van der Waals surface area contributed by atoms with Gasteiger partial charge in [-0.05, 0) is 66.9 Å². The van der Waals surface area contributed by atoms with Crippen LogP contribution in [0.15, 0.2) is 65.6 Å². The Morgan fingerprint density at radius 2 is 1.74 bits per heavy atom. The third-order valence-corrected chi connectivity index (χ3v) is 6.58. The van der Waals surface area contributed by atoms with Gasteiger partial charge in [-0.1, -0.05) is 42.2 Å². The Labute approximate surface area is 209 Å². The highest BCUT2D eigenvalue weighted by Crippen LogP contribution is 2.38. The lowest BCUT2D eigenvalue weighted by Gasteiger charge is -2.15. The predicted molar refractivity (Wildman–Crippen MR) is 138 cm³/mol. The summed E-state index contributed by atoms with van der Waals surface area (Å²) >= 11 is 6.62. The van der Waals surface area contributed by atoms with Crippen LogP contribution in [0, 0.1) is 34.1 Å². The van der Waals surface area contributed by atoms with Gasteiger partial charge >= 0.3 is 5.69 Å². The lowest BCUT2D eigenvalue weighted by Crippen LogP contribution is -2.27. The van der Waals surface area contributed by atoms with E-state index in [9.17, 15) is 25.0 Å². The molecular formula is C24H17N3O6S2. The molecule has 1 heterocycles. The SMILES string of the molecule is Cc1ccc(N2C(=O)C(=Cc3cccc(Oc4ccc([N+](=O)[O-])cc4[N+](=O)[O-])c3)SC2=S)cc1C. The minimum atomic E-state index is -0.746. The van der Waals surface area contributed by atoms with Crippen molar-refractivity contribution in [2.24, 2.45) is 0 Å². The molecule has 0 saturated carbocycles. The quantitative estimate of drug-likeness (QED) is 0.165. The average molecular weight is 508 g/mol. The van der Waals surface area contributed by atoms with Gasteiger partial charge in [0.15, 0.2) is 4.32 Å². The maximum Gasteiger partial charge on any atom is 0.318 e. The summed E-state index contributed by atoms with van der Waals surface area (Å²) in [7, 11) is 0. The molecule has 35 heavy (non-hydrogen) atoms. The van der Waals surface area contributed by atoms with E-state index in [4.69, 9.17) is 17.0 Å². The Morgan fingerprint density at radius 1 is 0.971 bits per heavy atom. The van der Waals surface area contributed by atoms with Crippen molar-refractivity contribution in [2.45, 2.75) is 13.8 Å².